The van der Waals surface area contributed by atoms with Gasteiger partial charge in [-0.05, 0) is 31.7 Å². The van der Waals surface area contributed by atoms with E-state index >= 15 is 0 Å². The molecule has 3 aliphatic rings. The molecule has 0 unspecified atom stereocenters. The number of fused-ring (bicyclic) bond motifs is 4. The van der Waals surface area contributed by atoms with Crippen molar-refractivity contribution in [1.82, 2.24) is 20.1 Å². The van der Waals surface area contributed by atoms with Crippen LogP contribution in [-0.4, -0.2) is 66.7 Å². The van der Waals surface area contributed by atoms with Crippen molar-refractivity contribution in [2.45, 2.75) is 44.2 Å². The van der Waals surface area contributed by atoms with Crippen LogP contribution in [0.1, 0.15) is 43.8 Å². The van der Waals surface area contributed by atoms with Crippen LogP contribution in [0.2, 0.25) is 0 Å². The van der Waals surface area contributed by atoms with Gasteiger partial charge in [-0.3, -0.25) is 14.4 Å². The number of nitrogens with zero attached hydrogens (tertiary/aromatic N) is 2. The Morgan fingerprint density at radius 3 is 2.93 bits per heavy atom. The Hall–Kier alpha value is -2.19. The second-order valence-corrected chi connectivity index (χ2v) is 8.28. The van der Waals surface area contributed by atoms with Gasteiger partial charge < -0.3 is 24.8 Å². The fourth-order valence-electron chi connectivity index (χ4n) is 5.06. The minimum Gasteiger partial charge on any atom is -0.380 e. The molecule has 4 atom stereocenters. The van der Waals surface area contributed by atoms with Gasteiger partial charge in [0.1, 0.15) is 6.04 Å². The van der Waals surface area contributed by atoms with E-state index in [0.717, 1.165) is 31.7 Å². The van der Waals surface area contributed by atoms with Crippen LogP contribution in [0.25, 0.3) is 0 Å². The Bertz CT molecular complexity index is 823. The molecule has 3 aliphatic heterocycles. The Morgan fingerprint density at radius 1 is 1.31 bits per heavy atom. The van der Waals surface area contributed by atoms with E-state index < -0.39 is 6.04 Å². The third kappa shape index (κ3) is 4.23. The van der Waals surface area contributed by atoms with Crippen LogP contribution in [-0.2, 0) is 14.3 Å². The van der Waals surface area contributed by atoms with Crippen LogP contribution in [0.4, 0.5) is 0 Å². The van der Waals surface area contributed by atoms with Crippen molar-refractivity contribution >= 4 is 11.8 Å². The SMILES string of the molecule is CCOCCN1C[C@H]2C[C@@H](C1)[C@H](CNC(=O)[C@@H]1CCC(=O)N1)n1c2cccc1=O. The third-order valence-corrected chi connectivity index (χ3v) is 6.43. The lowest BCUT2D eigenvalue weighted by Crippen LogP contribution is -2.53. The average Bonchev–Trinajstić information content (AvgIpc) is 3.15. The van der Waals surface area contributed by atoms with Crippen molar-refractivity contribution in [1.29, 1.82) is 0 Å². The van der Waals surface area contributed by atoms with Gasteiger partial charge in [0.25, 0.3) is 5.56 Å². The summed E-state index contributed by atoms with van der Waals surface area (Å²) < 4.78 is 7.43. The number of rotatable bonds is 7. The van der Waals surface area contributed by atoms with E-state index in [9.17, 15) is 14.4 Å². The molecule has 2 bridgehead atoms. The van der Waals surface area contributed by atoms with Gasteiger partial charge in [0, 0.05) is 56.9 Å². The fraction of sp³-hybridized carbons (Fsp3) is 0.667. The molecule has 29 heavy (non-hydrogen) atoms. The maximum Gasteiger partial charge on any atom is 0.251 e. The quantitative estimate of drug-likeness (QED) is 0.638. The van der Waals surface area contributed by atoms with Crippen molar-refractivity contribution in [3.63, 3.8) is 0 Å². The predicted molar refractivity (Wildman–Crippen MR) is 108 cm³/mol. The van der Waals surface area contributed by atoms with E-state index in [2.05, 4.69) is 15.5 Å². The van der Waals surface area contributed by atoms with Crippen molar-refractivity contribution in [2.75, 3.05) is 39.4 Å². The van der Waals surface area contributed by atoms with Gasteiger partial charge in [-0.1, -0.05) is 6.07 Å². The van der Waals surface area contributed by atoms with Crippen LogP contribution in [0.3, 0.4) is 0 Å². The average molecular weight is 402 g/mol. The molecule has 0 spiro atoms. The molecular formula is C21H30N4O4. The largest absolute Gasteiger partial charge is 0.380 e. The van der Waals surface area contributed by atoms with Gasteiger partial charge in [-0.25, -0.2) is 0 Å². The molecule has 0 aliphatic carbocycles. The lowest BCUT2D eigenvalue weighted by atomic mass is 9.78. The first-order chi connectivity index (χ1) is 14.1. The van der Waals surface area contributed by atoms with E-state index in [1.54, 1.807) is 6.07 Å². The highest BCUT2D eigenvalue weighted by molar-refractivity contribution is 5.90. The lowest BCUT2D eigenvalue weighted by molar-refractivity contribution is -0.126. The van der Waals surface area contributed by atoms with Crippen LogP contribution < -0.4 is 16.2 Å². The summed E-state index contributed by atoms with van der Waals surface area (Å²) in [7, 11) is 0. The highest BCUT2D eigenvalue weighted by Gasteiger charge is 2.40. The second kappa shape index (κ2) is 8.67. The molecule has 158 valence electrons. The molecule has 8 nitrogen and oxygen atoms in total. The monoisotopic (exact) mass is 402 g/mol. The number of piperidine rings is 1. The van der Waals surface area contributed by atoms with Gasteiger partial charge in [0.2, 0.25) is 11.8 Å². The van der Waals surface area contributed by atoms with Gasteiger partial charge in [0.15, 0.2) is 0 Å². The Kier molecular flexibility index (Phi) is 6.01. The molecule has 2 fully saturated rings. The summed E-state index contributed by atoms with van der Waals surface area (Å²) in [6.45, 7) is 6.53. The highest BCUT2D eigenvalue weighted by Crippen LogP contribution is 2.40. The van der Waals surface area contributed by atoms with Crippen molar-refractivity contribution < 1.29 is 14.3 Å². The standard InChI is InChI=1S/C21H30N4O4/c1-2-29-9-8-24-12-14-10-15(13-24)18(25-17(14)4-3-5-20(25)27)11-22-21(28)16-6-7-19(26)23-16/h3-5,14-16,18H,2,6-13H2,1H3,(H,22,28)(H,23,26)/t14-,15+,16+,18+/m1/s1. The summed E-state index contributed by atoms with van der Waals surface area (Å²) in [6, 6.07) is 4.94. The zero-order valence-electron chi connectivity index (χ0n) is 16.9. The van der Waals surface area contributed by atoms with Crippen LogP contribution in [0.15, 0.2) is 23.0 Å². The minimum atomic E-state index is -0.458. The predicted octanol–water partition coefficient (Wildman–Crippen LogP) is 0.240. The van der Waals surface area contributed by atoms with Gasteiger partial charge in [-0.15, -0.1) is 0 Å². The topological polar surface area (TPSA) is 92.7 Å². The molecule has 1 aromatic rings. The summed E-state index contributed by atoms with van der Waals surface area (Å²) in [5.74, 6) is 0.378. The number of hydrogen-bond donors (Lipinski definition) is 2. The van der Waals surface area contributed by atoms with Crippen molar-refractivity contribution in [3.8, 4) is 0 Å². The first-order valence-electron chi connectivity index (χ1n) is 10.7. The van der Waals surface area contributed by atoms with Crippen LogP contribution in [0, 0.1) is 5.92 Å². The van der Waals surface area contributed by atoms with Gasteiger partial charge >= 0.3 is 0 Å². The number of hydrogen-bond acceptors (Lipinski definition) is 5. The Balaban J connectivity index is 1.50. The molecule has 2 amide bonds. The summed E-state index contributed by atoms with van der Waals surface area (Å²) in [5, 5.41) is 5.71. The number of amides is 2. The molecule has 0 aromatic carbocycles. The van der Waals surface area contributed by atoms with Crippen LogP contribution in [0.5, 0.6) is 0 Å². The second-order valence-electron chi connectivity index (χ2n) is 8.28. The zero-order valence-corrected chi connectivity index (χ0v) is 16.9. The van der Waals surface area contributed by atoms with Crippen LogP contribution >= 0.6 is 0 Å². The maximum atomic E-state index is 12.7. The first kappa shape index (κ1) is 20.1. The van der Waals surface area contributed by atoms with Crippen molar-refractivity contribution in [2.24, 2.45) is 5.92 Å². The number of nitrogens with one attached hydrogen (secondary N) is 2. The highest BCUT2D eigenvalue weighted by atomic mass is 16.5. The summed E-state index contributed by atoms with van der Waals surface area (Å²) in [6.07, 6.45) is 1.95. The van der Waals surface area contributed by atoms with E-state index in [-0.39, 0.29) is 23.4 Å². The molecule has 4 rings (SSSR count). The van der Waals surface area contributed by atoms with Crippen molar-refractivity contribution in [3.05, 3.63) is 34.2 Å². The lowest BCUT2D eigenvalue weighted by Gasteiger charge is -2.47. The number of aromatic nitrogens is 1. The molecule has 2 saturated heterocycles. The first-order valence-corrected chi connectivity index (χ1v) is 10.7. The number of ether oxygens (including phenoxy) is 1. The summed E-state index contributed by atoms with van der Waals surface area (Å²) in [5.41, 5.74) is 1.05. The molecule has 0 radical (unpaired) electrons. The Labute approximate surface area is 170 Å². The molecular weight excluding hydrogens is 372 g/mol. The molecule has 0 saturated carbocycles. The molecule has 2 N–H and O–H groups in total. The van der Waals surface area contributed by atoms with Gasteiger partial charge in [-0.2, -0.15) is 0 Å². The fourth-order valence-corrected chi connectivity index (χ4v) is 5.06. The minimum absolute atomic E-state index is 0.00613. The molecule has 8 heteroatoms. The third-order valence-electron chi connectivity index (χ3n) is 6.43. The summed E-state index contributed by atoms with van der Waals surface area (Å²) in [4.78, 5) is 39.0. The molecule has 1 aromatic heterocycles. The normalized spacial score (nSPS) is 28.7. The number of carbonyl (C=O) groups is 2. The number of pyridine rings is 1. The van der Waals surface area contributed by atoms with E-state index in [0.29, 0.717) is 44.4 Å². The molecule has 4 heterocycles. The van der Waals surface area contributed by atoms with E-state index in [1.165, 1.54) is 0 Å². The zero-order chi connectivity index (χ0) is 20.4. The summed E-state index contributed by atoms with van der Waals surface area (Å²) >= 11 is 0. The number of likely N-dealkylation sites (tertiary alicyclic amines) is 1. The smallest absolute Gasteiger partial charge is 0.251 e. The van der Waals surface area contributed by atoms with E-state index in [4.69, 9.17) is 4.74 Å². The van der Waals surface area contributed by atoms with Gasteiger partial charge in [0.05, 0.1) is 12.6 Å². The Morgan fingerprint density at radius 2 is 2.17 bits per heavy atom. The van der Waals surface area contributed by atoms with E-state index in [1.807, 2.05) is 23.6 Å². The number of carbonyl (C=O) groups excluding carboxylic acids is 2. The maximum absolute atomic E-state index is 12.7.